The Bertz CT molecular complexity index is 832. The summed E-state index contributed by atoms with van der Waals surface area (Å²) in [7, 11) is 1.55. The van der Waals surface area contributed by atoms with Gasteiger partial charge in [-0.1, -0.05) is 0 Å². The highest BCUT2D eigenvalue weighted by Crippen LogP contribution is 2.33. The van der Waals surface area contributed by atoms with E-state index in [1.807, 2.05) is 0 Å². The van der Waals surface area contributed by atoms with Gasteiger partial charge in [-0.2, -0.15) is 13.2 Å². The molecule has 1 spiro atoms. The molecule has 1 aromatic rings. The number of rotatable bonds is 4. The van der Waals surface area contributed by atoms with Gasteiger partial charge < -0.3 is 15.0 Å². The van der Waals surface area contributed by atoms with Crippen molar-refractivity contribution in [3.8, 4) is 0 Å². The van der Waals surface area contributed by atoms with Gasteiger partial charge in [-0.05, 0) is 48.9 Å². The molecule has 28 heavy (non-hydrogen) atoms. The second-order valence-electron chi connectivity index (χ2n) is 6.67. The molecular weight excluding hydrogens is 380 g/mol. The molecule has 1 atom stereocenters. The Morgan fingerprint density at radius 3 is 2.54 bits per heavy atom. The smallest absolute Gasteiger partial charge is 0.385 e. The largest absolute Gasteiger partial charge is 0.416 e. The predicted molar refractivity (Wildman–Crippen MR) is 92.7 cm³/mol. The Hall–Kier alpha value is -2.68. The minimum atomic E-state index is -4.65. The molecule has 1 saturated heterocycles. The number of hydrogen-bond donors (Lipinski definition) is 1. The minimum absolute atomic E-state index is 0.0158. The average Bonchev–Trinajstić information content (AvgIpc) is 2.63. The van der Waals surface area contributed by atoms with Crippen molar-refractivity contribution in [2.45, 2.75) is 18.3 Å². The number of amides is 1. The molecule has 1 N–H and O–H groups in total. The van der Waals surface area contributed by atoms with Crippen LogP contribution in [0, 0.1) is 11.7 Å². The summed E-state index contributed by atoms with van der Waals surface area (Å²) in [6, 6.07) is 2.20. The molecule has 3 rings (SSSR count). The fourth-order valence-corrected chi connectivity index (χ4v) is 3.14. The molecule has 0 saturated carbocycles. The monoisotopic (exact) mass is 398 g/mol. The van der Waals surface area contributed by atoms with Crippen LogP contribution in [0.1, 0.15) is 12.0 Å². The van der Waals surface area contributed by atoms with Gasteiger partial charge in [0.1, 0.15) is 5.82 Å². The van der Waals surface area contributed by atoms with Crippen LogP contribution in [0.2, 0.25) is 0 Å². The predicted octanol–water partition coefficient (Wildman–Crippen LogP) is 3.14. The SMILES string of the molecule is CN1C(=O)C(CCNc2cc(F)cc(C(F)(F)F)c2)COC12C=CC(=O)C=C2. The standard InChI is InChI=1S/C19H18F4N2O3/c1-25-17(27)12(11-28-18(25)5-2-16(26)3-6-18)4-7-24-15-9-13(19(21,22)23)8-14(20)10-15/h2-3,5-6,8-10,12,24H,4,7,11H2,1H3. The maximum Gasteiger partial charge on any atom is 0.416 e. The van der Waals surface area contributed by atoms with E-state index in [-0.39, 0.29) is 37.0 Å². The lowest BCUT2D eigenvalue weighted by Gasteiger charge is -2.44. The lowest BCUT2D eigenvalue weighted by molar-refractivity contribution is -0.175. The maximum absolute atomic E-state index is 13.4. The van der Waals surface area contributed by atoms with Crippen molar-refractivity contribution in [3.63, 3.8) is 0 Å². The van der Waals surface area contributed by atoms with Crippen molar-refractivity contribution in [2.75, 3.05) is 25.5 Å². The van der Waals surface area contributed by atoms with Gasteiger partial charge in [-0.25, -0.2) is 4.39 Å². The Morgan fingerprint density at radius 1 is 1.21 bits per heavy atom. The van der Waals surface area contributed by atoms with Crippen molar-refractivity contribution < 1.29 is 31.9 Å². The summed E-state index contributed by atoms with van der Waals surface area (Å²) >= 11 is 0. The van der Waals surface area contributed by atoms with E-state index < -0.39 is 29.2 Å². The molecule has 1 aliphatic carbocycles. The molecule has 0 aromatic heterocycles. The average molecular weight is 398 g/mol. The number of allylic oxidation sites excluding steroid dienone is 2. The summed E-state index contributed by atoms with van der Waals surface area (Å²) in [5.74, 6) is -1.93. The van der Waals surface area contributed by atoms with E-state index in [1.54, 1.807) is 7.05 Å². The molecule has 2 aliphatic rings. The third kappa shape index (κ3) is 4.09. The van der Waals surface area contributed by atoms with Crippen LogP contribution in [-0.4, -0.2) is 42.5 Å². The Labute approximate surface area is 158 Å². The molecule has 9 heteroatoms. The number of likely N-dealkylation sites (N-methyl/N-ethyl adjacent to an activating group) is 1. The highest BCUT2D eigenvalue weighted by atomic mass is 19.4. The summed E-state index contributed by atoms with van der Waals surface area (Å²) in [6.45, 7) is 0.246. The van der Waals surface area contributed by atoms with Gasteiger partial charge in [-0.15, -0.1) is 0 Å². The number of hydrogen-bond acceptors (Lipinski definition) is 4. The fourth-order valence-electron chi connectivity index (χ4n) is 3.14. The van der Waals surface area contributed by atoms with E-state index in [1.165, 1.54) is 29.2 Å². The number of nitrogens with zero attached hydrogens (tertiary/aromatic N) is 1. The van der Waals surface area contributed by atoms with Crippen LogP contribution in [0.25, 0.3) is 0 Å². The highest BCUT2D eigenvalue weighted by Gasteiger charge is 2.43. The summed E-state index contributed by atoms with van der Waals surface area (Å²) in [5.41, 5.74) is -2.20. The summed E-state index contributed by atoms with van der Waals surface area (Å²) in [5, 5.41) is 2.72. The number of benzene rings is 1. The van der Waals surface area contributed by atoms with Crippen LogP contribution in [-0.2, 0) is 20.5 Å². The third-order valence-electron chi connectivity index (χ3n) is 4.74. The number of ether oxygens (including phenoxy) is 1. The van der Waals surface area contributed by atoms with Gasteiger partial charge in [0.25, 0.3) is 0 Å². The first-order chi connectivity index (χ1) is 13.1. The van der Waals surface area contributed by atoms with Crippen molar-refractivity contribution in [1.82, 2.24) is 4.90 Å². The quantitative estimate of drug-likeness (QED) is 0.792. The van der Waals surface area contributed by atoms with Crippen molar-refractivity contribution in [2.24, 2.45) is 5.92 Å². The molecule has 150 valence electrons. The van der Waals surface area contributed by atoms with Crippen LogP contribution >= 0.6 is 0 Å². The Morgan fingerprint density at radius 2 is 1.89 bits per heavy atom. The third-order valence-corrected chi connectivity index (χ3v) is 4.74. The normalized spacial score (nSPS) is 21.5. The number of anilines is 1. The van der Waals surface area contributed by atoms with Gasteiger partial charge in [0.2, 0.25) is 5.91 Å². The Balaban J connectivity index is 1.60. The van der Waals surface area contributed by atoms with Crippen molar-refractivity contribution >= 4 is 17.4 Å². The molecule has 0 radical (unpaired) electrons. The molecule has 5 nitrogen and oxygen atoms in total. The molecule has 1 fully saturated rings. The van der Waals surface area contributed by atoms with Crippen LogP contribution in [0.3, 0.4) is 0 Å². The van der Waals surface area contributed by atoms with E-state index in [4.69, 9.17) is 4.74 Å². The number of nitrogens with one attached hydrogen (secondary N) is 1. The zero-order valence-electron chi connectivity index (χ0n) is 14.9. The second-order valence-corrected chi connectivity index (χ2v) is 6.67. The van der Waals surface area contributed by atoms with Gasteiger partial charge in [-0.3, -0.25) is 9.59 Å². The molecule has 1 amide bonds. The summed E-state index contributed by atoms with van der Waals surface area (Å²) in [6.07, 6.45) is 1.30. The first kappa shape index (κ1) is 20.1. The fraction of sp³-hybridized carbons (Fsp3) is 0.368. The molecular formula is C19H18F4N2O3. The molecule has 1 aromatic carbocycles. The lowest BCUT2D eigenvalue weighted by Crippen LogP contribution is -2.57. The zero-order valence-corrected chi connectivity index (χ0v) is 14.9. The van der Waals surface area contributed by atoms with Crippen LogP contribution in [0.4, 0.5) is 23.2 Å². The molecule has 0 bridgehead atoms. The topological polar surface area (TPSA) is 58.6 Å². The van der Waals surface area contributed by atoms with Gasteiger partial charge in [0.15, 0.2) is 11.5 Å². The number of carbonyl (C=O) groups excluding carboxylic acids is 2. The number of halogens is 4. The first-order valence-corrected chi connectivity index (χ1v) is 8.56. The van der Waals surface area contributed by atoms with E-state index in [9.17, 15) is 27.2 Å². The molecule has 1 unspecified atom stereocenters. The minimum Gasteiger partial charge on any atom is -0.385 e. The number of ketones is 1. The first-order valence-electron chi connectivity index (χ1n) is 8.56. The van der Waals surface area contributed by atoms with Crippen LogP contribution in [0.5, 0.6) is 0 Å². The highest BCUT2D eigenvalue weighted by molar-refractivity contribution is 6.00. The zero-order chi connectivity index (χ0) is 20.5. The maximum atomic E-state index is 13.4. The molecule has 1 heterocycles. The van der Waals surface area contributed by atoms with Crippen LogP contribution < -0.4 is 5.32 Å². The van der Waals surface area contributed by atoms with E-state index >= 15 is 0 Å². The van der Waals surface area contributed by atoms with E-state index in [0.717, 1.165) is 12.1 Å². The lowest BCUT2D eigenvalue weighted by atomic mass is 9.96. The van der Waals surface area contributed by atoms with Gasteiger partial charge >= 0.3 is 6.18 Å². The molecule has 1 aliphatic heterocycles. The summed E-state index contributed by atoms with van der Waals surface area (Å²) in [4.78, 5) is 25.3. The van der Waals surface area contributed by atoms with E-state index in [2.05, 4.69) is 5.32 Å². The van der Waals surface area contributed by atoms with Crippen molar-refractivity contribution in [3.05, 3.63) is 53.9 Å². The second kappa shape index (κ2) is 7.38. The van der Waals surface area contributed by atoms with Crippen molar-refractivity contribution in [1.29, 1.82) is 0 Å². The Kier molecular flexibility index (Phi) is 5.29. The number of alkyl halides is 3. The van der Waals surface area contributed by atoms with Gasteiger partial charge in [0.05, 0.1) is 18.1 Å². The number of carbonyl (C=O) groups is 2. The van der Waals surface area contributed by atoms with Crippen LogP contribution in [0.15, 0.2) is 42.5 Å². The summed E-state index contributed by atoms with van der Waals surface area (Å²) < 4.78 is 57.5. The van der Waals surface area contributed by atoms with E-state index in [0.29, 0.717) is 6.07 Å². The van der Waals surface area contributed by atoms with Gasteiger partial charge in [0, 0.05) is 19.3 Å².